The van der Waals surface area contributed by atoms with Gasteiger partial charge in [0.2, 0.25) is 0 Å². The molecule has 0 aliphatic heterocycles. The van der Waals surface area contributed by atoms with Gasteiger partial charge >= 0.3 is 0 Å². The molecule has 0 bridgehead atoms. The topological polar surface area (TPSA) is 0 Å². The smallest absolute Gasteiger partial charge is 0.00201 e. The molecule has 0 saturated heterocycles. The summed E-state index contributed by atoms with van der Waals surface area (Å²) in [7, 11) is 0. The fraction of sp³-hybridized carbons (Fsp3) is 0.0244. The van der Waals surface area contributed by atoms with E-state index < -0.39 is 0 Å². The summed E-state index contributed by atoms with van der Waals surface area (Å²) in [6.45, 7) is 6.15. The van der Waals surface area contributed by atoms with Gasteiger partial charge in [-0.05, 0) is 96.2 Å². The van der Waals surface area contributed by atoms with Crippen LogP contribution in [0, 0.1) is 6.92 Å². The quantitative estimate of drug-likeness (QED) is 0.197. The minimum absolute atomic E-state index is 1.17. The van der Waals surface area contributed by atoms with Crippen LogP contribution in [0.4, 0.5) is 0 Å². The zero-order valence-electron chi connectivity index (χ0n) is 23.1. The third kappa shape index (κ3) is 4.35. The molecule has 0 spiro atoms. The minimum atomic E-state index is 1.17. The van der Waals surface area contributed by atoms with E-state index in [1.165, 1.54) is 77.2 Å². The second-order valence-corrected chi connectivity index (χ2v) is 10.6. The summed E-state index contributed by atoms with van der Waals surface area (Å²) in [5, 5.41) is 5.05. The predicted octanol–water partition coefficient (Wildman–Crippen LogP) is 11.6. The molecule has 7 aromatic rings. The van der Waals surface area contributed by atoms with Crippen LogP contribution in [0.3, 0.4) is 0 Å². The fourth-order valence-electron chi connectivity index (χ4n) is 6.19. The summed E-state index contributed by atoms with van der Waals surface area (Å²) in [6.07, 6.45) is 1.94. The van der Waals surface area contributed by atoms with Gasteiger partial charge in [-0.1, -0.05) is 146 Å². The molecular formula is C41H30. The normalized spacial score (nSPS) is 11.1. The van der Waals surface area contributed by atoms with E-state index in [0.29, 0.717) is 0 Å². The maximum Gasteiger partial charge on any atom is -0.00201 e. The van der Waals surface area contributed by atoms with Crippen LogP contribution < -0.4 is 0 Å². The van der Waals surface area contributed by atoms with Crippen molar-refractivity contribution >= 4 is 27.6 Å². The highest BCUT2D eigenvalue weighted by molar-refractivity contribution is 6.22. The first-order valence-electron chi connectivity index (χ1n) is 14.1. The first-order valence-corrected chi connectivity index (χ1v) is 14.1. The van der Waals surface area contributed by atoms with Gasteiger partial charge in [0.15, 0.2) is 0 Å². The van der Waals surface area contributed by atoms with Gasteiger partial charge in [0.05, 0.1) is 0 Å². The zero-order valence-corrected chi connectivity index (χ0v) is 23.1. The summed E-state index contributed by atoms with van der Waals surface area (Å²) in [5.41, 5.74) is 12.3. The fourth-order valence-corrected chi connectivity index (χ4v) is 6.19. The lowest BCUT2D eigenvalue weighted by Gasteiger charge is -2.20. The van der Waals surface area contributed by atoms with Crippen molar-refractivity contribution in [2.75, 3.05) is 0 Å². The van der Waals surface area contributed by atoms with E-state index in [-0.39, 0.29) is 0 Å². The number of fused-ring (bicyclic) bond motifs is 2. The molecule has 0 atom stereocenters. The van der Waals surface area contributed by atoms with E-state index in [9.17, 15) is 0 Å². The van der Waals surface area contributed by atoms with Crippen LogP contribution in [-0.2, 0) is 0 Å². The molecule has 0 unspecified atom stereocenters. The largest absolute Gasteiger partial charge is 0.0985 e. The Balaban J connectivity index is 1.52. The highest BCUT2D eigenvalue weighted by Crippen LogP contribution is 2.46. The third-order valence-corrected chi connectivity index (χ3v) is 8.20. The van der Waals surface area contributed by atoms with Gasteiger partial charge in [0, 0.05) is 0 Å². The van der Waals surface area contributed by atoms with Gasteiger partial charge in [-0.3, -0.25) is 0 Å². The summed E-state index contributed by atoms with van der Waals surface area (Å²) >= 11 is 0. The average Bonchev–Trinajstić information content (AvgIpc) is 3.04. The molecule has 0 heterocycles. The van der Waals surface area contributed by atoms with Gasteiger partial charge in [-0.2, -0.15) is 0 Å². The Labute approximate surface area is 241 Å². The SMILES string of the molecule is C=Cc1cc(-c2cccc(-c3c4ccccc4c(-c4ccccc4-c4ccccc4)c4ccccc34)c2)ccc1C. The molecule has 0 aliphatic rings. The van der Waals surface area contributed by atoms with Crippen LogP contribution in [0.25, 0.3) is 72.1 Å². The van der Waals surface area contributed by atoms with E-state index in [1.54, 1.807) is 0 Å². The summed E-state index contributed by atoms with van der Waals surface area (Å²) < 4.78 is 0. The molecule has 7 aromatic carbocycles. The molecule has 0 amide bonds. The zero-order chi connectivity index (χ0) is 27.8. The Morgan fingerprint density at radius 2 is 0.927 bits per heavy atom. The van der Waals surface area contributed by atoms with Gasteiger partial charge in [0.1, 0.15) is 0 Å². The highest BCUT2D eigenvalue weighted by Gasteiger charge is 2.18. The lowest BCUT2D eigenvalue weighted by atomic mass is 9.83. The Morgan fingerprint density at radius 1 is 0.415 bits per heavy atom. The monoisotopic (exact) mass is 522 g/mol. The van der Waals surface area contributed by atoms with Crippen LogP contribution in [0.5, 0.6) is 0 Å². The second-order valence-electron chi connectivity index (χ2n) is 10.6. The second kappa shape index (κ2) is 10.4. The van der Waals surface area contributed by atoms with Crippen LogP contribution in [0.15, 0.2) is 152 Å². The molecule has 41 heavy (non-hydrogen) atoms. The number of rotatable bonds is 5. The van der Waals surface area contributed by atoms with Crippen molar-refractivity contribution in [1.82, 2.24) is 0 Å². The summed E-state index contributed by atoms with van der Waals surface area (Å²) in [5.74, 6) is 0. The maximum atomic E-state index is 4.02. The standard InChI is InChI=1S/C41H30/c1-3-29-26-32(25-24-28(29)2)31-16-13-17-33(27-31)40-36-20-9-11-22-38(36)41(39-23-12-10-21-37(39)40)35-19-8-7-18-34(35)30-14-5-4-6-15-30/h3-27H,1H2,2H3. The minimum Gasteiger partial charge on any atom is -0.0985 e. The molecule has 0 saturated carbocycles. The maximum absolute atomic E-state index is 4.02. The van der Waals surface area contributed by atoms with Gasteiger partial charge in [-0.25, -0.2) is 0 Å². The number of hydrogen-bond donors (Lipinski definition) is 0. The van der Waals surface area contributed by atoms with Crippen molar-refractivity contribution < 1.29 is 0 Å². The van der Waals surface area contributed by atoms with Crippen LogP contribution in [0.1, 0.15) is 11.1 Å². The molecule has 194 valence electrons. The molecule has 7 rings (SSSR count). The van der Waals surface area contributed by atoms with E-state index in [4.69, 9.17) is 0 Å². The van der Waals surface area contributed by atoms with Crippen molar-refractivity contribution in [2.45, 2.75) is 6.92 Å². The summed E-state index contributed by atoms with van der Waals surface area (Å²) in [4.78, 5) is 0. The van der Waals surface area contributed by atoms with Crippen LogP contribution >= 0.6 is 0 Å². The third-order valence-electron chi connectivity index (χ3n) is 8.20. The van der Waals surface area contributed by atoms with Gasteiger partial charge in [-0.15, -0.1) is 0 Å². The van der Waals surface area contributed by atoms with Crippen LogP contribution in [0.2, 0.25) is 0 Å². The van der Waals surface area contributed by atoms with Gasteiger partial charge < -0.3 is 0 Å². The average molecular weight is 523 g/mol. The first-order chi connectivity index (χ1) is 20.2. The van der Waals surface area contributed by atoms with Crippen molar-refractivity contribution in [3.63, 3.8) is 0 Å². The van der Waals surface area contributed by atoms with Crippen molar-refractivity contribution in [3.8, 4) is 44.5 Å². The van der Waals surface area contributed by atoms with E-state index in [2.05, 4.69) is 159 Å². The first kappa shape index (κ1) is 24.8. The molecule has 0 radical (unpaired) electrons. The Kier molecular flexibility index (Phi) is 6.30. The molecule has 0 fully saturated rings. The molecule has 0 aliphatic carbocycles. The number of aryl methyl sites for hydroxylation is 1. The molecule has 0 N–H and O–H groups in total. The van der Waals surface area contributed by atoms with E-state index in [1.807, 2.05) is 6.08 Å². The van der Waals surface area contributed by atoms with Crippen molar-refractivity contribution in [1.29, 1.82) is 0 Å². The summed E-state index contributed by atoms with van der Waals surface area (Å²) in [6, 6.07) is 52.9. The highest BCUT2D eigenvalue weighted by atomic mass is 14.2. The van der Waals surface area contributed by atoms with Crippen molar-refractivity contribution in [2.24, 2.45) is 0 Å². The molecule has 0 aromatic heterocycles. The van der Waals surface area contributed by atoms with Crippen molar-refractivity contribution in [3.05, 3.63) is 163 Å². The van der Waals surface area contributed by atoms with Crippen LogP contribution in [-0.4, -0.2) is 0 Å². The Morgan fingerprint density at radius 3 is 1.59 bits per heavy atom. The van der Waals surface area contributed by atoms with E-state index >= 15 is 0 Å². The lowest BCUT2D eigenvalue weighted by molar-refractivity contribution is 1.44. The Hall–Kier alpha value is -5.20. The van der Waals surface area contributed by atoms with E-state index in [0.717, 1.165) is 0 Å². The predicted molar refractivity (Wildman–Crippen MR) is 178 cm³/mol. The molecular weight excluding hydrogens is 492 g/mol. The molecule has 0 nitrogen and oxygen atoms in total. The van der Waals surface area contributed by atoms with Gasteiger partial charge in [0.25, 0.3) is 0 Å². The lowest BCUT2D eigenvalue weighted by Crippen LogP contribution is -1.93. The Bertz CT molecular complexity index is 2000. The molecule has 0 heteroatoms. The number of benzene rings is 7. The number of hydrogen-bond acceptors (Lipinski definition) is 0.